The Hall–Kier alpha value is -2.10. The number of carboxylic acids is 1. The molecule has 1 atom stereocenters. The molecule has 0 fully saturated rings. The number of benzene rings is 1. The van der Waals surface area contributed by atoms with Crippen molar-refractivity contribution in [3.05, 3.63) is 41.5 Å². The molecule has 4 nitrogen and oxygen atoms in total. The predicted octanol–water partition coefficient (Wildman–Crippen LogP) is 2.56. The first-order chi connectivity index (χ1) is 8.90. The molecule has 1 aromatic rings. The highest BCUT2D eigenvalue weighted by Gasteiger charge is 2.12. The summed E-state index contributed by atoms with van der Waals surface area (Å²) in [7, 11) is 0. The zero-order valence-electron chi connectivity index (χ0n) is 11.4. The lowest BCUT2D eigenvalue weighted by Crippen LogP contribution is -2.36. The zero-order chi connectivity index (χ0) is 14.4. The SMILES string of the molecule is CC(C)C(C)NC(=O)c1cccc(C=CC(=O)O)c1. The molecule has 0 aliphatic rings. The van der Waals surface area contributed by atoms with Crippen LogP contribution in [0.4, 0.5) is 0 Å². The van der Waals surface area contributed by atoms with Crippen LogP contribution in [-0.2, 0) is 4.79 Å². The van der Waals surface area contributed by atoms with E-state index in [4.69, 9.17) is 5.11 Å². The third-order valence-electron chi connectivity index (χ3n) is 2.93. The highest BCUT2D eigenvalue weighted by molar-refractivity contribution is 5.95. The molecule has 0 spiro atoms. The molecule has 1 aromatic carbocycles. The number of hydrogen-bond acceptors (Lipinski definition) is 2. The van der Waals surface area contributed by atoms with Gasteiger partial charge in [0.25, 0.3) is 5.91 Å². The van der Waals surface area contributed by atoms with Gasteiger partial charge in [0.05, 0.1) is 0 Å². The van der Waals surface area contributed by atoms with Gasteiger partial charge in [-0.05, 0) is 36.6 Å². The molecule has 0 saturated heterocycles. The van der Waals surface area contributed by atoms with Crippen LogP contribution >= 0.6 is 0 Å². The molecule has 1 unspecified atom stereocenters. The first kappa shape index (κ1) is 15.0. The van der Waals surface area contributed by atoms with Crippen molar-refractivity contribution in [2.45, 2.75) is 26.8 Å². The van der Waals surface area contributed by atoms with Crippen LogP contribution in [0.25, 0.3) is 6.08 Å². The van der Waals surface area contributed by atoms with Gasteiger partial charge in [-0.2, -0.15) is 0 Å². The van der Waals surface area contributed by atoms with Crippen molar-refractivity contribution < 1.29 is 14.7 Å². The summed E-state index contributed by atoms with van der Waals surface area (Å²) in [5.41, 5.74) is 1.22. The molecule has 0 bridgehead atoms. The monoisotopic (exact) mass is 261 g/mol. The molecule has 0 radical (unpaired) electrons. The van der Waals surface area contributed by atoms with Gasteiger partial charge in [0, 0.05) is 17.7 Å². The summed E-state index contributed by atoms with van der Waals surface area (Å²) in [6, 6.07) is 6.95. The Morgan fingerprint density at radius 2 is 1.95 bits per heavy atom. The van der Waals surface area contributed by atoms with Gasteiger partial charge < -0.3 is 10.4 Å². The Morgan fingerprint density at radius 3 is 2.53 bits per heavy atom. The Labute approximate surface area is 113 Å². The summed E-state index contributed by atoms with van der Waals surface area (Å²) < 4.78 is 0. The van der Waals surface area contributed by atoms with Crippen molar-refractivity contribution in [3.8, 4) is 0 Å². The Kier molecular flexibility index (Phi) is 5.30. The van der Waals surface area contributed by atoms with E-state index in [2.05, 4.69) is 5.32 Å². The quantitative estimate of drug-likeness (QED) is 0.800. The standard InChI is InChI=1S/C15H19NO3/c1-10(2)11(3)16-15(19)13-6-4-5-12(9-13)7-8-14(17)18/h4-11H,1-3H3,(H,16,19)(H,17,18). The summed E-state index contributed by atoms with van der Waals surface area (Å²) in [5, 5.41) is 11.5. The fourth-order valence-electron chi connectivity index (χ4n) is 1.41. The number of nitrogens with one attached hydrogen (secondary N) is 1. The van der Waals surface area contributed by atoms with Crippen LogP contribution in [0.3, 0.4) is 0 Å². The number of aliphatic carboxylic acids is 1. The molecular weight excluding hydrogens is 242 g/mol. The lowest BCUT2D eigenvalue weighted by atomic mass is 10.1. The fraction of sp³-hybridized carbons (Fsp3) is 0.333. The van der Waals surface area contributed by atoms with E-state index in [1.807, 2.05) is 20.8 Å². The largest absolute Gasteiger partial charge is 0.478 e. The van der Waals surface area contributed by atoms with E-state index in [0.717, 1.165) is 6.08 Å². The van der Waals surface area contributed by atoms with Crippen molar-refractivity contribution >= 4 is 18.0 Å². The van der Waals surface area contributed by atoms with E-state index in [9.17, 15) is 9.59 Å². The van der Waals surface area contributed by atoms with Crippen LogP contribution < -0.4 is 5.32 Å². The predicted molar refractivity (Wildman–Crippen MR) is 74.9 cm³/mol. The minimum Gasteiger partial charge on any atom is -0.478 e. The normalized spacial score (nSPS) is 12.6. The first-order valence-corrected chi connectivity index (χ1v) is 6.22. The zero-order valence-corrected chi connectivity index (χ0v) is 11.4. The van der Waals surface area contributed by atoms with Gasteiger partial charge >= 0.3 is 5.97 Å². The minimum atomic E-state index is -1.01. The second-order valence-corrected chi connectivity index (χ2v) is 4.80. The average molecular weight is 261 g/mol. The van der Waals surface area contributed by atoms with Crippen molar-refractivity contribution in [2.75, 3.05) is 0 Å². The molecule has 0 aliphatic carbocycles. The second kappa shape index (κ2) is 6.73. The van der Waals surface area contributed by atoms with E-state index >= 15 is 0 Å². The van der Waals surface area contributed by atoms with E-state index < -0.39 is 5.97 Å². The third-order valence-corrected chi connectivity index (χ3v) is 2.93. The fourth-order valence-corrected chi connectivity index (χ4v) is 1.41. The van der Waals surface area contributed by atoms with Crippen LogP contribution in [0.5, 0.6) is 0 Å². The maximum Gasteiger partial charge on any atom is 0.328 e. The van der Waals surface area contributed by atoms with Crippen LogP contribution in [0.1, 0.15) is 36.7 Å². The lowest BCUT2D eigenvalue weighted by molar-refractivity contribution is -0.131. The van der Waals surface area contributed by atoms with E-state index in [1.165, 1.54) is 6.08 Å². The molecule has 102 valence electrons. The molecule has 0 saturated carbocycles. The lowest BCUT2D eigenvalue weighted by Gasteiger charge is -2.17. The van der Waals surface area contributed by atoms with Gasteiger partial charge in [0.2, 0.25) is 0 Å². The molecule has 19 heavy (non-hydrogen) atoms. The second-order valence-electron chi connectivity index (χ2n) is 4.80. The summed E-state index contributed by atoms with van der Waals surface area (Å²) >= 11 is 0. The van der Waals surface area contributed by atoms with Gasteiger partial charge in [0.15, 0.2) is 0 Å². The molecule has 1 amide bonds. The Bertz CT molecular complexity index is 492. The topological polar surface area (TPSA) is 66.4 Å². The summed E-state index contributed by atoms with van der Waals surface area (Å²) in [6.07, 6.45) is 2.51. The van der Waals surface area contributed by atoms with Gasteiger partial charge in [-0.3, -0.25) is 4.79 Å². The minimum absolute atomic E-state index is 0.0886. The number of carboxylic acid groups (broad SMARTS) is 1. The molecule has 4 heteroatoms. The van der Waals surface area contributed by atoms with E-state index in [1.54, 1.807) is 24.3 Å². The van der Waals surface area contributed by atoms with Crippen LogP contribution in [0, 0.1) is 5.92 Å². The summed E-state index contributed by atoms with van der Waals surface area (Å²) in [5.74, 6) is -0.797. The summed E-state index contributed by atoms with van der Waals surface area (Å²) in [6.45, 7) is 6.03. The van der Waals surface area contributed by atoms with E-state index in [0.29, 0.717) is 17.0 Å². The van der Waals surface area contributed by atoms with Crippen molar-refractivity contribution in [1.82, 2.24) is 5.32 Å². The third kappa shape index (κ3) is 4.95. The number of hydrogen-bond donors (Lipinski definition) is 2. The number of carbonyl (C=O) groups is 2. The van der Waals surface area contributed by atoms with Gasteiger partial charge in [-0.25, -0.2) is 4.79 Å². The van der Waals surface area contributed by atoms with Gasteiger partial charge in [-0.15, -0.1) is 0 Å². The molecule has 0 aromatic heterocycles. The number of carbonyl (C=O) groups excluding carboxylic acids is 1. The van der Waals surface area contributed by atoms with Gasteiger partial charge in [0.1, 0.15) is 0 Å². The number of rotatable bonds is 5. The van der Waals surface area contributed by atoms with E-state index in [-0.39, 0.29) is 11.9 Å². The van der Waals surface area contributed by atoms with Crippen LogP contribution in [0.15, 0.2) is 30.3 Å². The maximum absolute atomic E-state index is 12.0. The maximum atomic E-state index is 12.0. The molecule has 0 aliphatic heterocycles. The van der Waals surface area contributed by atoms with Crippen LogP contribution in [0.2, 0.25) is 0 Å². The molecule has 2 N–H and O–H groups in total. The molecular formula is C15H19NO3. The molecule has 1 rings (SSSR count). The van der Waals surface area contributed by atoms with Gasteiger partial charge in [-0.1, -0.05) is 26.0 Å². The summed E-state index contributed by atoms with van der Waals surface area (Å²) in [4.78, 5) is 22.4. The average Bonchev–Trinajstić information content (AvgIpc) is 2.36. The highest BCUT2D eigenvalue weighted by Crippen LogP contribution is 2.09. The van der Waals surface area contributed by atoms with Crippen molar-refractivity contribution in [3.63, 3.8) is 0 Å². The first-order valence-electron chi connectivity index (χ1n) is 6.22. The molecule has 0 heterocycles. The Balaban J connectivity index is 2.81. The van der Waals surface area contributed by atoms with Crippen molar-refractivity contribution in [1.29, 1.82) is 0 Å². The number of amides is 1. The van der Waals surface area contributed by atoms with Crippen LogP contribution in [-0.4, -0.2) is 23.0 Å². The smallest absolute Gasteiger partial charge is 0.328 e. The highest BCUT2D eigenvalue weighted by atomic mass is 16.4. The Morgan fingerprint density at radius 1 is 1.26 bits per heavy atom. The van der Waals surface area contributed by atoms with Crippen molar-refractivity contribution in [2.24, 2.45) is 5.92 Å².